The SMILES string of the molecule is CCCCOc1nc(N)c2ncc(CC3CCN(CCN)CC3)n2n1. The van der Waals surface area contributed by atoms with Crippen LogP contribution in [-0.2, 0) is 6.42 Å². The fraction of sp³-hybridized carbons (Fsp3) is 0.706. The van der Waals surface area contributed by atoms with E-state index < -0.39 is 0 Å². The van der Waals surface area contributed by atoms with Gasteiger partial charge in [-0.05, 0) is 44.7 Å². The molecule has 0 unspecified atom stereocenters. The molecule has 1 saturated heterocycles. The Balaban J connectivity index is 1.69. The van der Waals surface area contributed by atoms with Crippen molar-refractivity contribution in [3.8, 4) is 6.01 Å². The number of nitrogens with two attached hydrogens (primary N) is 2. The summed E-state index contributed by atoms with van der Waals surface area (Å²) in [5, 5.41) is 4.49. The highest BCUT2D eigenvalue weighted by atomic mass is 16.5. The second-order valence-corrected chi connectivity index (χ2v) is 6.74. The van der Waals surface area contributed by atoms with Gasteiger partial charge in [-0.15, -0.1) is 5.10 Å². The van der Waals surface area contributed by atoms with Crippen molar-refractivity contribution in [1.82, 2.24) is 24.5 Å². The molecule has 0 saturated carbocycles. The van der Waals surface area contributed by atoms with Gasteiger partial charge in [0.1, 0.15) is 0 Å². The first-order chi connectivity index (χ1) is 12.2. The molecule has 138 valence electrons. The van der Waals surface area contributed by atoms with Gasteiger partial charge in [-0.25, -0.2) is 9.50 Å². The van der Waals surface area contributed by atoms with Crippen molar-refractivity contribution in [3.63, 3.8) is 0 Å². The van der Waals surface area contributed by atoms with Crippen LogP contribution >= 0.6 is 0 Å². The Labute approximate surface area is 148 Å². The van der Waals surface area contributed by atoms with Gasteiger partial charge in [0.15, 0.2) is 11.5 Å². The van der Waals surface area contributed by atoms with Gasteiger partial charge in [0.05, 0.1) is 18.5 Å². The molecule has 0 atom stereocenters. The second kappa shape index (κ2) is 8.44. The van der Waals surface area contributed by atoms with Crippen LogP contribution in [0.1, 0.15) is 38.3 Å². The van der Waals surface area contributed by atoms with Crippen LogP contribution in [0.25, 0.3) is 5.65 Å². The summed E-state index contributed by atoms with van der Waals surface area (Å²) < 4.78 is 7.42. The second-order valence-electron chi connectivity index (χ2n) is 6.74. The van der Waals surface area contributed by atoms with Crippen molar-refractivity contribution in [2.75, 3.05) is 38.5 Å². The molecule has 0 amide bonds. The monoisotopic (exact) mass is 347 g/mol. The Bertz CT molecular complexity index is 679. The van der Waals surface area contributed by atoms with Crippen LogP contribution in [-0.4, -0.2) is 57.3 Å². The average Bonchev–Trinajstić information content (AvgIpc) is 3.01. The van der Waals surface area contributed by atoms with Crippen LogP contribution < -0.4 is 16.2 Å². The molecular formula is C17H29N7O. The van der Waals surface area contributed by atoms with Gasteiger partial charge in [0.25, 0.3) is 0 Å². The van der Waals surface area contributed by atoms with E-state index in [-0.39, 0.29) is 0 Å². The molecule has 8 nitrogen and oxygen atoms in total. The molecule has 0 bridgehead atoms. The van der Waals surface area contributed by atoms with Crippen LogP contribution in [0.3, 0.4) is 0 Å². The lowest BCUT2D eigenvalue weighted by atomic mass is 9.92. The minimum absolute atomic E-state index is 0.329. The zero-order chi connectivity index (χ0) is 17.6. The Morgan fingerprint density at radius 1 is 1.32 bits per heavy atom. The van der Waals surface area contributed by atoms with E-state index in [9.17, 15) is 0 Å². The molecule has 4 N–H and O–H groups in total. The summed E-state index contributed by atoms with van der Waals surface area (Å²) in [6.07, 6.45) is 7.20. The molecular weight excluding hydrogens is 318 g/mol. The van der Waals surface area contributed by atoms with Crippen molar-refractivity contribution in [3.05, 3.63) is 11.9 Å². The minimum Gasteiger partial charge on any atom is -0.462 e. The summed E-state index contributed by atoms with van der Waals surface area (Å²) in [6.45, 7) is 6.67. The first kappa shape index (κ1) is 17.9. The third-order valence-electron chi connectivity index (χ3n) is 4.82. The molecule has 2 aromatic heterocycles. The summed E-state index contributed by atoms with van der Waals surface area (Å²) in [5.41, 5.74) is 13.4. The number of unbranched alkanes of at least 4 members (excludes halogenated alkanes) is 1. The highest BCUT2D eigenvalue weighted by molar-refractivity contribution is 5.59. The summed E-state index contributed by atoms with van der Waals surface area (Å²) in [5.74, 6) is 1.00. The van der Waals surface area contributed by atoms with E-state index in [1.165, 1.54) is 12.8 Å². The van der Waals surface area contributed by atoms with Gasteiger partial charge < -0.3 is 21.1 Å². The zero-order valence-electron chi connectivity index (χ0n) is 15.0. The fourth-order valence-corrected chi connectivity index (χ4v) is 3.33. The van der Waals surface area contributed by atoms with Gasteiger partial charge in [0.2, 0.25) is 0 Å². The predicted octanol–water partition coefficient (Wildman–Crippen LogP) is 1.10. The third kappa shape index (κ3) is 4.38. The fourth-order valence-electron chi connectivity index (χ4n) is 3.33. The molecule has 0 spiro atoms. The first-order valence-electron chi connectivity index (χ1n) is 9.26. The summed E-state index contributed by atoms with van der Waals surface area (Å²) in [7, 11) is 0. The summed E-state index contributed by atoms with van der Waals surface area (Å²) >= 11 is 0. The molecule has 25 heavy (non-hydrogen) atoms. The van der Waals surface area contributed by atoms with Crippen LogP contribution in [0, 0.1) is 5.92 Å². The van der Waals surface area contributed by atoms with E-state index >= 15 is 0 Å². The Morgan fingerprint density at radius 3 is 2.84 bits per heavy atom. The minimum atomic E-state index is 0.329. The van der Waals surface area contributed by atoms with Gasteiger partial charge in [0, 0.05) is 13.1 Å². The number of ether oxygens (including phenoxy) is 1. The number of rotatable bonds is 8. The summed E-state index contributed by atoms with van der Waals surface area (Å²) in [6, 6.07) is 0.329. The molecule has 0 aliphatic carbocycles. The van der Waals surface area contributed by atoms with Crippen LogP contribution in [0.4, 0.5) is 5.82 Å². The highest BCUT2D eigenvalue weighted by Gasteiger charge is 2.21. The normalized spacial score (nSPS) is 16.6. The van der Waals surface area contributed by atoms with Gasteiger partial charge in [-0.2, -0.15) is 4.98 Å². The highest BCUT2D eigenvalue weighted by Crippen LogP contribution is 2.23. The number of nitrogen functional groups attached to an aromatic ring is 1. The molecule has 1 aliphatic heterocycles. The maximum atomic E-state index is 6.03. The molecule has 1 fully saturated rings. The standard InChI is InChI=1S/C17H29N7O/c1-2-3-10-25-17-21-15(19)16-20-12-14(24(16)22-17)11-13-4-7-23(8-5-13)9-6-18/h12-13H,2-11,18H2,1H3,(H2,19,21,22). The van der Waals surface area contributed by atoms with Crippen LogP contribution in [0.15, 0.2) is 6.20 Å². The number of nitrogens with zero attached hydrogens (tertiary/aromatic N) is 5. The zero-order valence-corrected chi connectivity index (χ0v) is 15.0. The lowest BCUT2D eigenvalue weighted by Gasteiger charge is -2.31. The number of hydrogen-bond donors (Lipinski definition) is 2. The maximum Gasteiger partial charge on any atom is 0.336 e. The van der Waals surface area contributed by atoms with Crippen LogP contribution in [0.5, 0.6) is 6.01 Å². The quantitative estimate of drug-likeness (QED) is 0.688. The van der Waals surface area contributed by atoms with E-state index in [1.54, 1.807) is 4.52 Å². The van der Waals surface area contributed by atoms with Crippen molar-refractivity contribution in [2.24, 2.45) is 11.7 Å². The van der Waals surface area contributed by atoms with E-state index in [1.807, 2.05) is 6.20 Å². The average molecular weight is 347 g/mol. The number of imidazole rings is 1. The number of hydrogen-bond acceptors (Lipinski definition) is 7. The van der Waals surface area contributed by atoms with Gasteiger partial charge in [-0.1, -0.05) is 13.3 Å². The number of likely N-dealkylation sites (tertiary alicyclic amines) is 1. The van der Waals surface area contributed by atoms with E-state index in [0.717, 1.165) is 51.1 Å². The smallest absolute Gasteiger partial charge is 0.336 e. The maximum absolute atomic E-state index is 6.03. The number of piperidine rings is 1. The Kier molecular flexibility index (Phi) is 6.04. The third-order valence-corrected chi connectivity index (χ3v) is 4.82. The number of fused-ring (bicyclic) bond motifs is 1. The topological polar surface area (TPSA) is 108 Å². The van der Waals surface area contributed by atoms with Crippen molar-refractivity contribution < 1.29 is 4.74 Å². The van der Waals surface area contributed by atoms with Crippen LogP contribution in [0.2, 0.25) is 0 Å². The van der Waals surface area contributed by atoms with Gasteiger partial charge in [-0.3, -0.25) is 0 Å². The lowest BCUT2D eigenvalue weighted by Crippen LogP contribution is -2.37. The number of anilines is 1. The lowest BCUT2D eigenvalue weighted by molar-refractivity contribution is 0.187. The van der Waals surface area contributed by atoms with E-state index in [0.29, 0.717) is 30.0 Å². The Morgan fingerprint density at radius 2 is 2.12 bits per heavy atom. The predicted molar refractivity (Wildman–Crippen MR) is 97.5 cm³/mol. The summed E-state index contributed by atoms with van der Waals surface area (Å²) in [4.78, 5) is 11.0. The van der Waals surface area contributed by atoms with Crippen molar-refractivity contribution in [1.29, 1.82) is 0 Å². The molecule has 3 heterocycles. The largest absolute Gasteiger partial charge is 0.462 e. The Hall–Kier alpha value is -1.93. The van der Waals surface area contributed by atoms with E-state index in [4.69, 9.17) is 16.2 Å². The molecule has 0 radical (unpaired) electrons. The first-order valence-corrected chi connectivity index (χ1v) is 9.26. The number of aromatic nitrogens is 4. The molecule has 1 aliphatic rings. The molecule has 0 aromatic carbocycles. The van der Waals surface area contributed by atoms with Crippen molar-refractivity contribution >= 4 is 11.5 Å². The molecule has 8 heteroatoms. The molecule has 3 rings (SSSR count). The van der Waals surface area contributed by atoms with Gasteiger partial charge >= 0.3 is 6.01 Å². The van der Waals surface area contributed by atoms with E-state index in [2.05, 4.69) is 26.9 Å². The molecule has 2 aromatic rings. The van der Waals surface area contributed by atoms with Crippen molar-refractivity contribution in [2.45, 2.75) is 39.0 Å².